The van der Waals surface area contributed by atoms with Crippen LogP contribution in [0.4, 0.5) is 5.69 Å². The smallest absolute Gasteiger partial charge is 0.341 e. The van der Waals surface area contributed by atoms with Crippen molar-refractivity contribution in [2.45, 2.75) is 13.8 Å². The first-order chi connectivity index (χ1) is 11.9. The number of carboxylic acid groups (broad SMARTS) is 1. The highest BCUT2D eigenvalue weighted by atomic mass is 16.5. The number of rotatable bonds is 7. The van der Waals surface area contributed by atoms with Crippen molar-refractivity contribution in [1.82, 2.24) is 0 Å². The molecule has 6 heteroatoms. The van der Waals surface area contributed by atoms with Gasteiger partial charge in [-0.2, -0.15) is 0 Å². The van der Waals surface area contributed by atoms with E-state index in [4.69, 9.17) is 14.6 Å². The second kappa shape index (κ2) is 8.19. The van der Waals surface area contributed by atoms with E-state index in [9.17, 15) is 9.59 Å². The molecule has 1 amide bonds. The Morgan fingerprint density at radius 1 is 1.00 bits per heavy atom. The summed E-state index contributed by atoms with van der Waals surface area (Å²) in [5.41, 5.74) is 2.71. The molecule has 25 heavy (non-hydrogen) atoms. The molecule has 0 unspecified atom stereocenters. The summed E-state index contributed by atoms with van der Waals surface area (Å²) >= 11 is 0. The Morgan fingerprint density at radius 2 is 1.68 bits per heavy atom. The van der Waals surface area contributed by atoms with Crippen LogP contribution in [0.15, 0.2) is 42.5 Å². The van der Waals surface area contributed by atoms with Gasteiger partial charge in [0.2, 0.25) is 0 Å². The number of carboxylic acids is 1. The van der Waals surface area contributed by atoms with Gasteiger partial charge >= 0.3 is 5.97 Å². The fourth-order valence-electron chi connectivity index (χ4n) is 2.15. The first-order valence-corrected chi connectivity index (χ1v) is 7.78. The average Bonchev–Trinajstić information content (AvgIpc) is 2.60. The monoisotopic (exact) mass is 343 g/mol. The van der Waals surface area contributed by atoms with Crippen LogP contribution in [-0.4, -0.2) is 37.2 Å². The molecule has 0 fully saturated rings. The predicted octanol–water partition coefficient (Wildman–Crippen LogP) is 2.81. The number of anilines is 1. The van der Waals surface area contributed by atoms with Crippen LogP contribution >= 0.6 is 0 Å². The van der Waals surface area contributed by atoms with E-state index in [0.717, 1.165) is 11.1 Å². The van der Waals surface area contributed by atoms with E-state index >= 15 is 0 Å². The van der Waals surface area contributed by atoms with Gasteiger partial charge < -0.3 is 19.5 Å². The van der Waals surface area contributed by atoms with E-state index in [0.29, 0.717) is 17.2 Å². The molecular weight excluding hydrogens is 322 g/mol. The fourth-order valence-corrected chi connectivity index (χ4v) is 2.15. The summed E-state index contributed by atoms with van der Waals surface area (Å²) in [5, 5.41) is 8.59. The molecule has 132 valence electrons. The highest BCUT2D eigenvalue weighted by Gasteiger charge is 2.13. The van der Waals surface area contributed by atoms with E-state index in [2.05, 4.69) is 0 Å². The molecule has 6 nitrogen and oxygen atoms in total. The van der Waals surface area contributed by atoms with Crippen molar-refractivity contribution < 1.29 is 24.2 Å². The molecule has 2 aromatic rings. The summed E-state index contributed by atoms with van der Waals surface area (Å²) in [6.07, 6.45) is 0. The molecule has 0 aromatic heterocycles. The van der Waals surface area contributed by atoms with E-state index in [1.807, 2.05) is 32.0 Å². The van der Waals surface area contributed by atoms with Crippen molar-refractivity contribution in [2.24, 2.45) is 0 Å². The number of carbonyl (C=O) groups excluding carboxylic acids is 1. The molecule has 0 saturated carbocycles. The number of aryl methyl sites for hydroxylation is 2. The molecule has 0 aliphatic carbocycles. The van der Waals surface area contributed by atoms with Gasteiger partial charge in [0.1, 0.15) is 11.5 Å². The topological polar surface area (TPSA) is 76.1 Å². The number of benzene rings is 2. The molecule has 0 bridgehead atoms. The molecule has 2 rings (SSSR count). The van der Waals surface area contributed by atoms with Crippen molar-refractivity contribution in [2.75, 3.05) is 25.2 Å². The van der Waals surface area contributed by atoms with Crippen molar-refractivity contribution in [3.63, 3.8) is 0 Å². The van der Waals surface area contributed by atoms with Gasteiger partial charge in [-0.3, -0.25) is 4.79 Å². The Bertz CT molecular complexity index is 755. The summed E-state index contributed by atoms with van der Waals surface area (Å²) in [6.45, 7) is 3.42. The van der Waals surface area contributed by atoms with Gasteiger partial charge in [0.15, 0.2) is 13.2 Å². The standard InChI is InChI=1S/C19H21NO5/c1-13-4-5-14(2)17(10-13)25-11-18(21)20(3)15-6-8-16(9-7-15)24-12-19(22)23/h4-10H,11-12H2,1-3H3,(H,22,23). The third kappa shape index (κ3) is 5.24. The second-order valence-electron chi connectivity index (χ2n) is 5.69. The van der Waals surface area contributed by atoms with Crippen LogP contribution in [0.25, 0.3) is 0 Å². The van der Waals surface area contributed by atoms with Crippen molar-refractivity contribution in [3.05, 3.63) is 53.6 Å². The molecular formula is C19H21NO5. The number of likely N-dealkylation sites (N-methyl/N-ethyl adjacent to an activating group) is 1. The second-order valence-corrected chi connectivity index (χ2v) is 5.69. The largest absolute Gasteiger partial charge is 0.483 e. The zero-order chi connectivity index (χ0) is 18.4. The molecule has 0 atom stereocenters. The van der Waals surface area contributed by atoms with Crippen molar-refractivity contribution in [3.8, 4) is 11.5 Å². The number of aliphatic carboxylic acids is 1. The fraction of sp³-hybridized carbons (Fsp3) is 0.263. The van der Waals surface area contributed by atoms with E-state index in [1.54, 1.807) is 31.3 Å². The van der Waals surface area contributed by atoms with E-state index < -0.39 is 12.6 Å². The van der Waals surface area contributed by atoms with Gasteiger partial charge in [-0.25, -0.2) is 4.79 Å². The number of amides is 1. The molecule has 1 N–H and O–H groups in total. The maximum atomic E-state index is 12.3. The molecule has 0 aliphatic rings. The van der Waals surface area contributed by atoms with Gasteiger partial charge in [-0.15, -0.1) is 0 Å². The Balaban J connectivity index is 1.95. The third-order valence-electron chi connectivity index (χ3n) is 3.66. The molecule has 0 aliphatic heterocycles. The maximum Gasteiger partial charge on any atom is 0.341 e. The lowest BCUT2D eigenvalue weighted by molar-refractivity contribution is -0.139. The van der Waals surface area contributed by atoms with Crippen LogP contribution < -0.4 is 14.4 Å². The number of nitrogens with zero attached hydrogens (tertiary/aromatic N) is 1. The number of hydrogen-bond acceptors (Lipinski definition) is 4. The summed E-state index contributed by atoms with van der Waals surface area (Å²) in [6, 6.07) is 12.5. The minimum atomic E-state index is -1.04. The lowest BCUT2D eigenvalue weighted by atomic mass is 10.1. The first-order valence-electron chi connectivity index (χ1n) is 7.78. The summed E-state index contributed by atoms with van der Waals surface area (Å²) in [4.78, 5) is 24.3. The number of carbonyl (C=O) groups is 2. The SMILES string of the molecule is Cc1ccc(C)c(OCC(=O)N(C)c2ccc(OCC(=O)O)cc2)c1. The van der Waals surface area contributed by atoms with Crippen molar-refractivity contribution in [1.29, 1.82) is 0 Å². The minimum Gasteiger partial charge on any atom is -0.483 e. The highest BCUT2D eigenvalue weighted by molar-refractivity contribution is 5.94. The lowest BCUT2D eigenvalue weighted by Crippen LogP contribution is -2.31. The normalized spacial score (nSPS) is 10.2. The van der Waals surface area contributed by atoms with Gasteiger partial charge in [-0.05, 0) is 55.3 Å². The van der Waals surface area contributed by atoms with Gasteiger partial charge in [-0.1, -0.05) is 12.1 Å². The summed E-state index contributed by atoms with van der Waals surface area (Å²) in [5.74, 6) is -0.113. The average molecular weight is 343 g/mol. The van der Waals surface area contributed by atoms with Crippen LogP contribution in [0.1, 0.15) is 11.1 Å². The zero-order valence-corrected chi connectivity index (χ0v) is 14.5. The van der Waals surface area contributed by atoms with Gasteiger partial charge in [0.05, 0.1) is 0 Å². The van der Waals surface area contributed by atoms with Crippen LogP contribution in [0.5, 0.6) is 11.5 Å². The van der Waals surface area contributed by atoms with E-state index in [1.165, 1.54) is 4.90 Å². The van der Waals surface area contributed by atoms with Crippen LogP contribution in [-0.2, 0) is 9.59 Å². The Morgan fingerprint density at radius 3 is 2.32 bits per heavy atom. The predicted molar refractivity (Wildman–Crippen MR) is 94.4 cm³/mol. The van der Waals surface area contributed by atoms with Crippen molar-refractivity contribution >= 4 is 17.6 Å². The van der Waals surface area contributed by atoms with Gasteiger partial charge in [0, 0.05) is 12.7 Å². The Hall–Kier alpha value is -3.02. The molecule has 0 saturated heterocycles. The quantitative estimate of drug-likeness (QED) is 0.836. The first kappa shape index (κ1) is 18.3. The van der Waals surface area contributed by atoms with Crippen LogP contribution in [0.2, 0.25) is 0 Å². The molecule has 0 heterocycles. The Kier molecular flexibility index (Phi) is 6.00. The van der Waals surface area contributed by atoms with Crippen LogP contribution in [0, 0.1) is 13.8 Å². The molecule has 0 spiro atoms. The van der Waals surface area contributed by atoms with Crippen LogP contribution in [0.3, 0.4) is 0 Å². The maximum absolute atomic E-state index is 12.3. The minimum absolute atomic E-state index is 0.0714. The summed E-state index contributed by atoms with van der Waals surface area (Å²) < 4.78 is 10.7. The Labute approximate surface area is 146 Å². The summed E-state index contributed by atoms with van der Waals surface area (Å²) in [7, 11) is 1.65. The zero-order valence-electron chi connectivity index (χ0n) is 14.5. The number of hydrogen-bond donors (Lipinski definition) is 1. The molecule has 0 radical (unpaired) electrons. The molecule has 2 aromatic carbocycles. The highest BCUT2D eigenvalue weighted by Crippen LogP contribution is 2.21. The lowest BCUT2D eigenvalue weighted by Gasteiger charge is -2.18. The number of ether oxygens (including phenoxy) is 2. The van der Waals surface area contributed by atoms with E-state index in [-0.39, 0.29) is 12.5 Å². The third-order valence-corrected chi connectivity index (χ3v) is 3.66. The van der Waals surface area contributed by atoms with Gasteiger partial charge in [0.25, 0.3) is 5.91 Å².